The van der Waals surface area contributed by atoms with Crippen molar-refractivity contribution in [3.63, 3.8) is 0 Å². The molecule has 140 valence electrons. The van der Waals surface area contributed by atoms with Crippen LogP contribution in [0, 0.1) is 17.8 Å². The number of likely N-dealkylation sites (tertiary alicyclic amines) is 1. The largest absolute Gasteiger partial charge is 0.491 e. The van der Waals surface area contributed by atoms with E-state index >= 15 is 0 Å². The number of carboxylic acids is 1. The van der Waals surface area contributed by atoms with Gasteiger partial charge in [0.1, 0.15) is 12.4 Å². The van der Waals surface area contributed by atoms with E-state index in [0.29, 0.717) is 31.2 Å². The zero-order chi connectivity index (χ0) is 18.1. The second-order valence-corrected chi connectivity index (χ2v) is 7.63. The van der Waals surface area contributed by atoms with E-state index in [9.17, 15) is 14.7 Å². The van der Waals surface area contributed by atoms with Crippen LogP contribution in [0.15, 0.2) is 24.3 Å². The number of carbonyl (C=O) groups excluding carboxylic acids is 1. The van der Waals surface area contributed by atoms with Gasteiger partial charge in [-0.3, -0.25) is 9.59 Å². The molecule has 1 aromatic carbocycles. The first-order valence-corrected chi connectivity index (χ1v) is 9.48. The number of amides is 1. The summed E-state index contributed by atoms with van der Waals surface area (Å²) in [5.41, 5.74) is 0.579. The highest BCUT2D eigenvalue weighted by Crippen LogP contribution is 2.44. The number of carbonyl (C=O) groups is 2. The predicted molar refractivity (Wildman–Crippen MR) is 94.2 cm³/mol. The fourth-order valence-electron chi connectivity index (χ4n) is 4.10. The van der Waals surface area contributed by atoms with Crippen molar-refractivity contribution in [3.8, 4) is 5.75 Å². The molecule has 0 spiro atoms. The minimum absolute atomic E-state index is 0.0925. The third-order valence-corrected chi connectivity index (χ3v) is 5.76. The molecular formula is C20H25NO5. The van der Waals surface area contributed by atoms with Gasteiger partial charge in [-0.25, -0.2) is 0 Å². The van der Waals surface area contributed by atoms with Crippen LogP contribution in [-0.2, 0) is 9.53 Å². The second-order valence-electron chi connectivity index (χ2n) is 7.63. The van der Waals surface area contributed by atoms with E-state index < -0.39 is 11.9 Å². The predicted octanol–water partition coefficient (Wildman–Crippen LogP) is 2.43. The molecule has 2 saturated heterocycles. The van der Waals surface area contributed by atoms with Crippen LogP contribution in [0.3, 0.4) is 0 Å². The van der Waals surface area contributed by atoms with E-state index in [-0.39, 0.29) is 17.9 Å². The molecule has 1 N–H and O–H groups in total. The second kappa shape index (κ2) is 7.27. The molecule has 1 unspecified atom stereocenters. The third-order valence-electron chi connectivity index (χ3n) is 5.76. The van der Waals surface area contributed by atoms with Crippen LogP contribution in [0.5, 0.6) is 5.75 Å². The maximum Gasteiger partial charge on any atom is 0.308 e. The first-order valence-electron chi connectivity index (χ1n) is 9.48. The maximum absolute atomic E-state index is 12.8. The van der Waals surface area contributed by atoms with Crippen molar-refractivity contribution in [1.82, 2.24) is 4.90 Å². The van der Waals surface area contributed by atoms with Crippen LogP contribution in [0.2, 0.25) is 0 Å². The summed E-state index contributed by atoms with van der Waals surface area (Å²) in [5, 5.41) is 9.45. The third kappa shape index (κ3) is 3.70. The van der Waals surface area contributed by atoms with Gasteiger partial charge in [-0.2, -0.15) is 0 Å². The first kappa shape index (κ1) is 17.3. The molecule has 26 heavy (non-hydrogen) atoms. The van der Waals surface area contributed by atoms with Crippen molar-refractivity contribution < 1.29 is 24.2 Å². The molecule has 6 heteroatoms. The number of hydrogen-bond donors (Lipinski definition) is 1. The van der Waals surface area contributed by atoms with Crippen molar-refractivity contribution in [1.29, 1.82) is 0 Å². The summed E-state index contributed by atoms with van der Waals surface area (Å²) in [6.07, 6.45) is 4.45. The van der Waals surface area contributed by atoms with E-state index in [1.165, 1.54) is 0 Å². The Morgan fingerprint density at radius 2 is 1.92 bits per heavy atom. The molecule has 0 radical (unpaired) electrons. The topological polar surface area (TPSA) is 76.1 Å². The molecule has 0 aromatic heterocycles. The number of rotatable bonds is 6. The molecule has 4 rings (SSSR count). The van der Waals surface area contributed by atoms with Crippen molar-refractivity contribution in [2.75, 3.05) is 26.3 Å². The summed E-state index contributed by atoms with van der Waals surface area (Å²) >= 11 is 0. The summed E-state index contributed by atoms with van der Waals surface area (Å²) < 4.78 is 11.3. The van der Waals surface area contributed by atoms with Gasteiger partial charge in [0.15, 0.2) is 0 Å². The average Bonchev–Trinajstić information content (AvgIpc) is 3.18. The molecule has 2 heterocycles. The summed E-state index contributed by atoms with van der Waals surface area (Å²) in [5.74, 6) is -0.00804. The van der Waals surface area contributed by atoms with Crippen LogP contribution in [-0.4, -0.2) is 54.3 Å². The van der Waals surface area contributed by atoms with Gasteiger partial charge in [0.05, 0.1) is 12.0 Å². The van der Waals surface area contributed by atoms with Gasteiger partial charge < -0.3 is 19.5 Å². The highest BCUT2D eigenvalue weighted by Gasteiger charge is 2.46. The Kier molecular flexibility index (Phi) is 4.85. The molecule has 3 fully saturated rings. The van der Waals surface area contributed by atoms with E-state index in [1.54, 1.807) is 29.2 Å². The van der Waals surface area contributed by atoms with Crippen LogP contribution < -0.4 is 4.74 Å². The number of ether oxygens (including phenoxy) is 2. The monoisotopic (exact) mass is 359 g/mol. The lowest BCUT2D eigenvalue weighted by atomic mass is 9.92. The molecule has 3 atom stereocenters. The Morgan fingerprint density at radius 3 is 2.54 bits per heavy atom. The summed E-state index contributed by atoms with van der Waals surface area (Å²) in [4.78, 5) is 26.0. The maximum atomic E-state index is 12.8. The lowest BCUT2D eigenvalue weighted by Crippen LogP contribution is -2.29. The van der Waals surface area contributed by atoms with Gasteiger partial charge in [0.25, 0.3) is 5.91 Å². The number of benzene rings is 1. The van der Waals surface area contributed by atoms with Gasteiger partial charge in [-0.05, 0) is 61.8 Å². The normalized spacial score (nSPS) is 28.3. The quantitative estimate of drug-likeness (QED) is 0.844. The highest BCUT2D eigenvalue weighted by atomic mass is 16.5. The Labute approximate surface area is 153 Å². The van der Waals surface area contributed by atoms with Crippen molar-refractivity contribution in [3.05, 3.63) is 29.8 Å². The van der Waals surface area contributed by atoms with Gasteiger partial charge in [0, 0.05) is 25.3 Å². The SMILES string of the molecule is O=C(O)[C@H]1CN(C(=O)c2ccc(OCC3CCCO3)cc2)C[C@@H]1C1CC1. The van der Waals surface area contributed by atoms with Gasteiger partial charge in [0.2, 0.25) is 0 Å². The number of carboxylic acid groups (broad SMARTS) is 1. The first-order chi connectivity index (χ1) is 12.6. The smallest absolute Gasteiger partial charge is 0.308 e. The molecule has 2 aliphatic heterocycles. The zero-order valence-corrected chi connectivity index (χ0v) is 14.8. The van der Waals surface area contributed by atoms with Crippen LogP contribution in [0.1, 0.15) is 36.0 Å². The fourth-order valence-corrected chi connectivity index (χ4v) is 4.10. The molecule has 6 nitrogen and oxygen atoms in total. The van der Waals surface area contributed by atoms with Gasteiger partial charge in [-0.1, -0.05) is 0 Å². The number of hydrogen-bond acceptors (Lipinski definition) is 4. The average molecular weight is 359 g/mol. The van der Waals surface area contributed by atoms with Crippen molar-refractivity contribution >= 4 is 11.9 Å². The molecule has 1 aliphatic carbocycles. The van der Waals surface area contributed by atoms with Crippen molar-refractivity contribution in [2.24, 2.45) is 17.8 Å². The highest BCUT2D eigenvalue weighted by molar-refractivity contribution is 5.95. The van der Waals surface area contributed by atoms with Crippen LogP contribution in [0.25, 0.3) is 0 Å². The summed E-state index contributed by atoms with van der Waals surface area (Å²) in [6.45, 7) is 2.20. The molecule has 3 aliphatic rings. The van der Waals surface area contributed by atoms with Gasteiger partial charge in [-0.15, -0.1) is 0 Å². The molecule has 0 bridgehead atoms. The lowest BCUT2D eigenvalue weighted by molar-refractivity contribution is -0.142. The standard InChI is InChI=1S/C20H25NO5/c22-19(21-10-17(13-3-4-13)18(11-21)20(23)24)14-5-7-15(8-6-14)26-12-16-2-1-9-25-16/h5-8,13,16-18H,1-4,9-12H2,(H,23,24)/t16?,17-,18+/m1/s1. The molecular weight excluding hydrogens is 334 g/mol. The lowest BCUT2D eigenvalue weighted by Gasteiger charge is -2.17. The Balaban J connectivity index is 1.36. The Morgan fingerprint density at radius 1 is 1.15 bits per heavy atom. The van der Waals surface area contributed by atoms with E-state index in [2.05, 4.69) is 0 Å². The van der Waals surface area contributed by atoms with Crippen LogP contribution in [0.4, 0.5) is 0 Å². The molecule has 1 saturated carbocycles. The molecule has 1 aromatic rings. The minimum Gasteiger partial charge on any atom is -0.491 e. The van der Waals surface area contributed by atoms with Crippen molar-refractivity contribution in [2.45, 2.75) is 31.8 Å². The Hall–Kier alpha value is -2.08. The minimum atomic E-state index is -0.782. The summed E-state index contributed by atoms with van der Waals surface area (Å²) in [6, 6.07) is 7.11. The fraction of sp³-hybridized carbons (Fsp3) is 0.600. The van der Waals surface area contributed by atoms with Gasteiger partial charge >= 0.3 is 5.97 Å². The zero-order valence-electron chi connectivity index (χ0n) is 14.8. The number of aliphatic carboxylic acids is 1. The van der Waals surface area contributed by atoms with E-state index in [0.717, 1.165) is 38.0 Å². The molecule has 1 amide bonds. The number of nitrogens with zero attached hydrogens (tertiary/aromatic N) is 1. The Bertz CT molecular complexity index is 663. The van der Waals surface area contributed by atoms with Crippen LogP contribution >= 0.6 is 0 Å². The van der Waals surface area contributed by atoms with E-state index in [1.807, 2.05) is 0 Å². The van der Waals surface area contributed by atoms with E-state index in [4.69, 9.17) is 9.47 Å². The summed E-state index contributed by atoms with van der Waals surface area (Å²) in [7, 11) is 0.